The van der Waals surface area contributed by atoms with E-state index in [4.69, 9.17) is 4.74 Å². The lowest BCUT2D eigenvalue weighted by Crippen LogP contribution is -2.51. The van der Waals surface area contributed by atoms with Crippen molar-refractivity contribution >= 4 is 10.2 Å². The quantitative estimate of drug-likeness (QED) is 0.836. The van der Waals surface area contributed by atoms with Crippen LogP contribution in [0.1, 0.15) is 30.0 Å². The molecule has 22 heavy (non-hydrogen) atoms. The van der Waals surface area contributed by atoms with E-state index in [1.54, 1.807) is 8.61 Å². The van der Waals surface area contributed by atoms with Gasteiger partial charge in [0.05, 0.1) is 13.2 Å². The molecule has 122 valence electrons. The highest BCUT2D eigenvalue weighted by molar-refractivity contribution is 7.86. The summed E-state index contributed by atoms with van der Waals surface area (Å²) in [7, 11) is -3.38. The van der Waals surface area contributed by atoms with E-state index in [0.717, 1.165) is 24.1 Å². The van der Waals surface area contributed by atoms with Crippen LogP contribution in [0.15, 0.2) is 18.3 Å². The fraction of sp³-hybridized carbons (Fsp3) is 0.667. The number of nitrogens with zero attached hydrogens (tertiary/aromatic N) is 3. The number of hydrogen-bond acceptors (Lipinski definition) is 4. The first-order chi connectivity index (χ1) is 10.6. The van der Waals surface area contributed by atoms with Crippen molar-refractivity contribution < 1.29 is 13.2 Å². The minimum Gasteiger partial charge on any atom is -0.379 e. The predicted molar refractivity (Wildman–Crippen MR) is 83.8 cm³/mol. The average Bonchev–Trinajstić information content (AvgIpc) is 2.56. The summed E-state index contributed by atoms with van der Waals surface area (Å²) in [6.45, 7) is 5.00. The summed E-state index contributed by atoms with van der Waals surface area (Å²) in [6, 6.07) is 4.06. The molecule has 0 saturated carbocycles. The molecule has 2 saturated heterocycles. The molecule has 0 aliphatic carbocycles. The van der Waals surface area contributed by atoms with Crippen LogP contribution in [0.3, 0.4) is 0 Å². The lowest BCUT2D eigenvalue weighted by Gasteiger charge is -2.36. The highest BCUT2D eigenvalue weighted by atomic mass is 32.2. The molecule has 2 aliphatic rings. The van der Waals surface area contributed by atoms with Gasteiger partial charge in [0.15, 0.2) is 0 Å². The number of rotatable bonds is 3. The first-order valence-corrected chi connectivity index (χ1v) is 9.22. The average molecular weight is 325 g/mol. The van der Waals surface area contributed by atoms with Gasteiger partial charge in [0.1, 0.15) is 0 Å². The fourth-order valence-electron chi connectivity index (χ4n) is 3.05. The number of aryl methyl sites for hydroxylation is 1. The lowest BCUT2D eigenvalue weighted by atomic mass is 9.95. The van der Waals surface area contributed by atoms with Gasteiger partial charge in [-0.3, -0.25) is 4.98 Å². The zero-order chi connectivity index (χ0) is 15.6. The Balaban J connectivity index is 1.73. The normalized spacial score (nSPS) is 25.2. The van der Waals surface area contributed by atoms with Crippen LogP contribution in [0.25, 0.3) is 0 Å². The second-order valence-electron chi connectivity index (χ2n) is 5.98. The first kappa shape index (κ1) is 15.9. The molecular formula is C15H23N3O3S. The third kappa shape index (κ3) is 3.32. The summed E-state index contributed by atoms with van der Waals surface area (Å²) >= 11 is 0. The second-order valence-corrected chi connectivity index (χ2v) is 7.91. The molecule has 3 heterocycles. The summed E-state index contributed by atoms with van der Waals surface area (Å²) in [5, 5.41) is 0. The lowest BCUT2D eigenvalue weighted by molar-refractivity contribution is 0.0695. The Kier molecular flexibility index (Phi) is 4.77. The molecule has 0 amide bonds. The van der Waals surface area contributed by atoms with Crippen LogP contribution in [0, 0.1) is 6.92 Å². The van der Waals surface area contributed by atoms with Crippen molar-refractivity contribution in [1.82, 2.24) is 13.6 Å². The van der Waals surface area contributed by atoms with Gasteiger partial charge in [-0.25, -0.2) is 0 Å². The summed E-state index contributed by atoms with van der Waals surface area (Å²) in [5.74, 6) is 0.185. The smallest absolute Gasteiger partial charge is 0.282 e. The van der Waals surface area contributed by atoms with Crippen LogP contribution in [0.2, 0.25) is 0 Å². The van der Waals surface area contributed by atoms with Crippen molar-refractivity contribution in [3.63, 3.8) is 0 Å². The number of aromatic nitrogens is 1. The van der Waals surface area contributed by atoms with E-state index in [1.165, 1.54) is 0 Å². The van der Waals surface area contributed by atoms with Gasteiger partial charge in [-0.05, 0) is 31.4 Å². The molecule has 2 aliphatic heterocycles. The standard InChI is InChI=1S/C15H23N3O3S/c1-13-4-5-15(16-11-13)14-3-2-6-18(12-14)22(19,20)17-7-9-21-10-8-17/h4-5,11,14H,2-3,6-10,12H2,1H3/t14-/m0/s1. The third-order valence-electron chi connectivity index (χ3n) is 4.36. The third-order valence-corrected chi connectivity index (χ3v) is 6.36. The minimum absolute atomic E-state index is 0.185. The van der Waals surface area contributed by atoms with E-state index < -0.39 is 10.2 Å². The molecule has 0 aromatic carbocycles. The van der Waals surface area contributed by atoms with Crippen molar-refractivity contribution in [2.75, 3.05) is 39.4 Å². The van der Waals surface area contributed by atoms with Gasteiger partial charge in [-0.15, -0.1) is 0 Å². The SMILES string of the molecule is Cc1ccc([C@H]2CCCN(S(=O)(=O)N3CCOCC3)C2)nc1. The van der Waals surface area contributed by atoms with Crippen LogP contribution in [0.5, 0.6) is 0 Å². The molecule has 1 aromatic rings. The number of morpholine rings is 1. The van der Waals surface area contributed by atoms with Crippen molar-refractivity contribution in [1.29, 1.82) is 0 Å². The zero-order valence-electron chi connectivity index (χ0n) is 12.9. The zero-order valence-corrected chi connectivity index (χ0v) is 13.8. The number of ether oxygens (including phenoxy) is 1. The van der Waals surface area contributed by atoms with Crippen LogP contribution in [-0.4, -0.2) is 61.4 Å². The molecule has 0 spiro atoms. The van der Waals surface area contributed by atoms with Gasteiger partial charge in [0.25, 0.3) is 10.2 Å². The van der Waals surface area contributed by atoms with Crippen LogP contribution >= 0.6 is 0 Å². The maximum Gasteiger partial charge on any atom is 0.282 e. The van der Waals surface area contributed by atoms with Gasteiger partial charge >= 0.3 is 0 Å². The van der Waals surface area contributed by atoms with Crippen molar-refractivity contribution in [2.45, 2.75) is 25.7 Å². The van der Waals surface area contributed by atoms with Crippen molar-refractivity contribution in [3.8, 4) is 0 Å². The van der Waals surface area contributed by atoms with Crippen molar-refractivity contribution in [3.05, 3.63) is 29.6 Å². The first-order valence-electron chi connectivity index (χ1n) is 7.83. The van der Waals surface area contributed by atoms with Crippen LogP contribution < -0.4 is 0 Å². The molecule has 6 nitrogen and oxygen atoms in total. The highest BCUT2D eigenvalue weighted by Gasteiger charge is 2.35. The molecule has 0 N–H and O–H groups in total. The Bertz CT molecular complexity index is 597. The molecular weight excluding hydrogens is 302 g/mol. The monoisotopic (exact) mass is 325 g/mol. The number of pyridine rings is 1. The Morgan fingerprint density at radius 2 is 1.95 bits per heavy atom. The maximum absolute atomic E-state index is 12.7. The fourth-order valence-corrected chi connectivity index (χ4v) is 4.72. The Hall–Kier alpha value is -1.02. The van der Waals surface area contributed by atoms with E-state index in [0.29, 0.717) is 39.4 Å². The van der Waals surface area contributed by atoms with Gasteiger partial charge in [0, 0.05) is 44.0 Å². The second kappa shape index (κ2) is 6.62. The molecule has 3 rings (SSSR count). The van der Waals surface area contributed by atoms with Gasteiger partial charge in [-0.2, -0.15) is 17.0 Å². The number of piperidine rings is 1. The van der Waals surface area contributed by atoms with Gasteiger partial charge < -0.3 is 4.74 Å². The maximum atomic E-state index is 12.7. The molecule has 0 bridgehead atoms. The van der Waals surface area contributed by atoms with Crippen molar-refractivity contribution in [2.24, 2.45) is 0 Å². The molecule has 7 heteroatoms. The van der Waals surface area contributed by atoms with Crippen LogP contribution in [0.4, 0.5) is 0 Å². The largest absolute Gasteiger partial charge is 0.379 e. The van der Waals surface area contributed by atoms with Gasteiger partial charge in [-0.1, -0.05) is 6.07 Å². The minimum atomic E-state index is -3.38. The van der Waals surface area contributed by atoms with E-state index in [1.807, 2.05) is 25.3 Å². The Morgan fingerprint density at radius 3 is 2.64 bits per heavy atom. The topological polar surface area (TPSA) is 62.7 Å². The Labute approximate surface area is 132 Å². The predicted octanol–water partition coefficient (Wildman–Crippen LogP) is 1.15. The van der Waals surface area contributed by atoms with E-state index in [-0.39, 0.29) is 5.92 Å². The van der Waals surface area contributed by atoms with Crippen LogP contribution in [-0.2, 0) is 14.9 Å². The van der Waals surface area contributed by atoms with Gasteiger partial charge in [0.2, 0.25) is 0 Å². The van der Waals surface area contributed by atoms with E-state index in [2.05, 4.69) is 4.98 Å². The molecule has 2 fully saturated rings. The molecule has 0 radical (unpaired) electrons. The molecule has 0 unspecified atom stereocenters. The van der Waals surface area contributed by atoms with E-state index >= 15 is 0 Å². The summed E-state index contributed by atoms with van der Waals surface area (Å²) < 4.78 is 33.9. The van der Waals surface area contributed by atoms with E-state index in [9.17, 15) is 8.42 Å². The summed E-state index contributed by atoms with van der Waals surface area (Å²) in [4.78, 5) is 4.48. The number of hydrogen-bond donors (Lipinski definition) is 0. The summed E-state index contributed by atoms with van der Waals surface area (Å²) in [5.41, 5.74) is 2.12. The molecule has 1 atom stereocenters. The Morgan fingerprint density at radius 1 is 1.18 bits per heavy atom. The molecule has 1 aromatic heterocycles. The summed E-state index contributed by atoms with van der Waals surface area (Å²) in [6.07, 6.45) is 3.72. The highest BCUT2D eigenvalue weighted by Crippen LogP contribution is 2.28.